The van der Waals surface area contributed by atoms with Gasteiger partial charge in [-0.2, -0.15) is 8.42 Å². The Morgan fingerprint density at radius 3 is 2.25 bits per heavy atom. The molecule has 0 aliphatic rings. The van der Waals surface area contributed by atoms with Crippen LogP contribution in [0.2, 0.25) is 0 Å². The third-order valence-corrected chi connectivity index (χ3v) is 6.47. The second-order valence-corrected chi connectivity index (χ2v) is 10.4. The quantitative estimate of drug-likeness (QED) is 0.290. The van der Waals surface area contributed by atoms with Crippen molar-refractivity contribution in [2.24, 2.45) is 23.5 Å². The van der Waals surface area contributed by atoms with Gasteiger partial charge in [-0.3, -0.25) is 18.9 Å². The van der Waals surface area contributed by atoms with E-state index in [1.54, 1.807) is 18.7 Å². The molecular weight excluding hydrogens is 440 g/mol. The molecule has 0 aromatic carbocycles. The van der Waals surface area contributed by atoms with E-state index < -0.39 is 56.9 Å². The van der Waals surface area contributed by atoms with Crippen LogP contribution in [0.15, 0.2) is 18.7 Å². The average Bonchev–Trinajstić information content (AvgIpc) is 3.15. The summed E-state index contributed by atoms with van der Waals surface area (Å²) >= 11 is 0. The number of primary amides is 1. The van der Waals surface area contributed by atoms with Crippen LogP contribution >= 0.6 is 0 Å². The summed E-state index contributed by atoms with van der Waals surface area (Å²) in [5, 5.41) is 11.9. The van der Waals surface area contributed by atoms with Crippen molar-refractivity contribution in [2.45, 2.75) is 65.0 Å². The van der Waals surface area contributed by atoms with Gasteiger partial charge >= 0.3 is 5.97 Å². The van der Waals surface area contributed by atoms with Gasteiger partial charge in [-0.15, -0.1) is 0 Å². The number of amides is 2. The molecule has 1 aromatic rings. The first kappa shape index (κ1) is 27.6. The number of nitrogens with one attached hydrogen (secondary N) is 1. The minimum Gasteiger partial charge on any atom is -0.481 e. The maximum Gasteiger partial charge on any atom is 0.306 e. The van der Waals surface area contributed by atoms with Gasteiger partial charge < -0.3 is 20.7 Å². The van der Waals surface area contributed by atoms with Crippen molar-refractivity contribution in [2.75, 3.05) is 5.75 Å². The summed E-state index contributed by atoms with van der Waals surface area (Å²) in [5.41, 5.74) is 4.31. The van der Waals surface area contributed by atoms with Gasteiger partial charge in [0.1, 0.15) is 0 Å². The SMILES string of the molecule is CCC(CC(CC(CC(C)C(=O)O)C(=O)NC(C)(C)CS(=O)(=O)O)C(N)=O)n1ccnc1. The topological polar surface area (TPSA) is 182 Å². The fraction of sp³-hybridized carbons (Fsp3) is 0.700. The Kier molecular flexibility index (Phi) is 9.83. The number of aromatic nitrogens is 2. The highest BCUT2D eigenvalue weighted by molar-refractivity contribution is 7.85. The molecule has 1 aromatic heterocycles. The summed E-state index contributed by atoms with van der Waals surface area (Å²) in [7, 11) is -4.36. The predicted molar refractivity (Wildman–Crippen MR) is 117 cm³/mol. The first-order valence-electron chi connectivity index (χ1n) is 10.4. The van der Waals surface area contributed by atoms with Crippen molar-refractivity contribution in [1.29, 1.82) is 0 Å². The summed E-state index contributed by atoms with van der Waals surface area (Å²) in [6.45, 7) is 6.24. The van der Waals surface area contributed by atoms with Crippen LogP contribution in [0.5, 0.6) is 0 Å². The fourth-order valence-electron chi connectivity index (χ4n) is 3.75. The van der Waals surface area contributed by atoms with Gasteiger partial charge in [0, 0.05) is 30.3 Å². The molecule has 12 heteroatoms. The Balaban J connectivity index is 3.09. The molecule has 2 amide bonds. The smallest absolute Gasteiger partial charge is 0.306 e. The minimum atomic E-state index is -4.36. The monoisotopic (exact) mass is 474 g/mol. The Morgan fingerprint density at radius 2 is 1.81 bits per heavy atom. The van der Waals surface area contributed by atoms with Crippen LogP contribution in [-0.2, 0) is 24.5 Å². The number of nitrogens with two attached hydrogens (primary N) is 1. The number of carboxylic acids is 1. The standard InChI is InChI=1S/C20H34N4O7S/c1-5-16(24-7-6-22-12-24)10-14(17(21)25)9-15(8-13(2)19(27)28)18(26)23-20(3,4)11-32(29,30)31/h6-7,12-16H,5,8-11H2,1-4H3,(H2,21,25)(H,23,26)(H,27,28)(H,29,30,31). The molecule has 11 nitrogen and oxygen atoms in total. The molecule has 5 N–H and O–H groups in total. The third-order valence-electron chi connectivity index (χ3n) is 5.38. The van der Waals surface area contributed by atoms with E-state index in [2.05, 4.69) is 10.3 Å². The molecule has 4 unspecified atom stereocenters. The highest BCUT2D eigenvalue weighted by atomic mass is 32.2. The van der Waals surface area contributed by atoms with Crippen molar-refractivity contribution in [3.8, 4) is 0 Å². The molecule has 1 rings (SSSR count). The van der Waals surface area contributed by atoms with Crippen LogP contribution in [-0.4, -0.2) is 56.7 Å². The second-order valence-electron chi connectivity index (χ2n) is 8.91. The molecule has 0 saturated carbocycles. The van der Waals surface area contributed by atoms with Gasteiger partial charge in [0.2, 0.25) is 11.8 Å². The lowest BCUT2D eigenvalue weighted by Gasteiger charge is -2.30. The zero-order valence-corrected chi connectivity index (χ0v) is 19.7. The van der Waals surface area contributed by atoms with Crippen molar-refractivity contribution < 1.29 is 32.5 Å². The minimum absolute atomic E-state index is 0.00589. The Morgan fingerprint density at radius 1 is 1.19 bits per heavy atom. The van der Waals surface area contributed by atoms with Gasteiger partial charge in [-0.1, -0.05) is 13.8 Å². The van der Waals surface area contributed by atoms with Crippen LogP contribution in [0.25, 0.3) is 0 Å². The molecule has 0 aliphatic heterocycles. The Hall–Kier alpha value is -2.47. The van der Waals surface area contributed by atoms with Crippen molar-refractivity contribution >= 4 is 27.9 Å². The molecule has 0 bridgehead atoms. The van der Waals surface area contributed by atoms with Crippen molar-refractivity contribution in [1.82, 2.24) is 14.9 Å². The highest BCUT2D eigenvalue weighted by Crippen LogP contribution is 2.29. The van der Waals surface area contributed by atoms with Gasteiger partial charge in [0.25, 0.3) is 10.1 Å². The number of carboxylic acid groups (broad SMARTS) is 1. The Bertz CT molecular complexity index is 884. The molecule has 0 aliphatic carbocycles. The number of carbonyl (C=O) groups is 3. The van der Waals surface area contributed by atoms with Crippen LogP contribution in [0.3, 0.4) is 0 Å². The highest BCUT2D eigenvalue weighted by Gasteiger charge is 2.34. The molecular formula is C20H34N4O7S. The second kappa shape index (κ2) is 11.4. The number of carbonyl (C=O) groups excluding carboxylic acids is 2. The molecule has 0 saturated heterocycles. The maximum atomic E-state index is 13.0. The summed E-state index contributed by atoms with van der Waals surface area (Å²) in [4.78, 5) is 40.6. The van der Waals surface area contributed by atoms with Crippen LogP contribution < -0.4 is 11.1 Å². The van der Waals surface area contributed by atoms with E-state index in [0.717, 1.165) is 0 Å². The van der Waals surface area contributed by atoms with Gasteiger partial charge in [-0.25, -0.2) is 4.98 Å². The summed E-state index contributed by atoms with van der Waals surface area (Å²) in [6.07, 6.45) is 5.97. The number of hydrogen-bond donors (Lipinski definition) is 4. The van der Waals surface area contributed by atoms with E-state index in [0.29, 0.717) is 12.8 Å². The van der Waals surface area contributed by atoms with E-state index in [9.17, 15) is 27.9 Å². The maximum absolute atomic E-state index is 13.0. The molecule has 0 fully saturated rings. The first-order chi connectivity index (χ1) is 14.6. The number of hydrogen-bond acceptors (Lipinski definition) is 6. The molecule has 0 radical (unpaired) electrons. The Labute approximate surface area is 188 Å². The summed E-state index contributed by atoms with van der Waals surface area (Å²) < 4.78 is 33.5. The number of aliphatic carboxylic acids is 1. The van der Waals surface area contributed by atoms with E-state index in [-0.39, 0.29) is 18.9 Å². The van der Waals surface area contributed by atoms with Crippen LogP contribution in [0.1, 0.15) is 59.4 Å². The van der Waals surface area contributed by atoms with Crippen molar-refractivity contribution in [3.63, 3.8) is 0 Å². The van der Waals surface area contributed by atoms with E-state index in [1.165, 1.54) is 20.8 Å². The van der Waals surface area contributed by atoms with E-state index in [1.807, 2.05) is 11.5 Å². The molecule has 4 atom stereocenters. The summed E-state index contributed by atoms with van der Waals surface area (Å²) in [6, 6.07) is -0.0911. The zero-order chi connectivity index (χ0) is 24.7. The average molecular weight is 475 g/mol. The van der Waals surface area contributed by atoms with E-state index >= 15 is 0 Å². The summed E-state index contributed by atoms with van der Waals surface area (Å²) in [5.74, 6) is -5.52. The lowest BCUT2D eigenvalue weighted by atomic mass is 9.83. The normalized spacial score (nSPS) is 16.0. The molecule has 1 heterocycles. The van der Waals surface area contributed by atoms with Crippen molar-refractivity contribution in [3.05, 3.63) is 18.7 Å². The fourth-order valence-corrected chi connectivity index (χ4v) is 4.73. The van der Waals surface area contributed by atoms with Gasteiger partial charge in [0.05, 0.1) is 23.5 Å². The number of nitrogens with zero attached hydrogens (tertiary/aromatic N) is 2. The molecule has 32 heavy (non-hydrogen) atoms. The first-order valence-corrected chi connectivity index (χ1v) is 12.0. The zero-order valence-electron chi connectivity index (χ0n) is 18.9. The van der Waals surface area contributed by atoms with E-state index in [4.69, 9.17) is 10.3 Å². The molecule has 182 valence electrons. The number of rotatable bonds is 14. The number of imidazole rings is 1. The van der Waals surface area contributed by atoms with Gasteiger partial charge in [0.15, 0.2) is 0 Å². The largest absolute Gasteiger partial charge is 0.481 e. The third kappa shape index (κ3) is 9.35. The lowest BCUT2D eigenvalue weighted by molar-refractivity contribution is -0.142. The molecule has 0 spiro atoms. The lowest BCUT2D eigenvalue weighted by Crippen LogP contribution is -2.51. The van der Waals surface area contributed by atoms with Gasteiger partial charge in [-0.05, 0) is 39.5 Å². The van der Waals surface area contributed by atoms with Crippen LogP contribution in [0, 0.1) is 17.8 Å². The predicted octanol–water partition coefficient (Wildman–Crippen LogP) is 1.23. The van der Waals surface area contributed by atoms with Crippen LogP contribution in [0.4, 0.5) is 0 Å².